The fourth-order valence-corrected chi connectivity index (χ4v) is 3.73. The summed E-state index contributed by atoms with van der Waals surface area (Å²) in [5.74, 6) is 0. The minimum absolute atomic E-state index is 0.0422. The van der Waals surface area contributed by atoms with Crippen molar-refractivity contribution in [3.63, 3.8) is 0 Å². The number of hydrogen-bond donors (Lipinski definition) is 1. The van der Waals surface area contributed by atoms with Gasteiger partial charge in [-0.2, -0.15) is 0 Å². The van der Waals surface area contributed by atoms with Crippen molar-refractivity contribution >= 4 is 34.5 Å². The van der Waals surface area contributed by atoms with E-state index in [0.29, 0.717) is 8.67 Å². The lowest BCUT2D eigenvalue weighted by atomic mass is 9.81. The number of benzene rings is 1. The van der Waals surface area contributed by atoms with E-state index < -0.39 is 0 Å². The number of hydrogen-bond acceptors (Lipinski definition) is 2. The van der Waals surface area contributed by atoms with Crippen molar-refractivity contribution < 1.29 is 0 Å². The van der Waals surface area contributed by atoms with Gasteiger partial charge < -0.3 is 5.73 Å². The van der Waals surface area contributed by atoms with Crippen molar-refractivity contribution in [1.29, 1.82) is 0 Å². The van der Waals surface area contributed by atoms with Gasteiger partial charge in [0.15, 0.2) is 0 Å². The summed E-state index contributed by atoms with van der Waals surface area (Å²) in [7, 11) is 0. The smallest absolute Gasteiger partial charge is 0.0995 e. The first-order valence-corrected chi connectivity index (χ1v) is 7.67. The van der Waals surface area contributed by atoms with Gasteiger partial charge in [0.05, 0.1) is 14.7 Å². The fraction of sp³-hybridized carbons (Fsp3) is 0.333. The van der Waals surface area contributed by atoms with Crippen LogP contribution in [0.1, 0.15) is 43.5 Å². The first-order chi connectivity index (χ1) is 8.80. The van der Waals surface area contributed by atoms with Crippen LogP contribution in [0.5, 0.6) is 0 Å². The average Bonchev–Trinajstić information content (AvgIpc) is 2.66. The molecule has 2 rings (SSSR count). The molecule has 1 nitrogen and oxygen atoms in total. The van der Waals surface area contributed by atoms with Crippen LogP contribution in [0.2, 0.25) is 8.67 Å². The van der Waals surface area contributed by atoms with E-state index in [1.54, 1.807) is 0 Å². The summed E-state index contributed by atoms with van der Waals surface area (Å²) in [5, 5.41) is 0. The first-order valence-electron chi connectivity index (χ1n) is 6.10. The minimum Gasteiger partial charge on any atom is -0.320 e. The standard InChI is InChI=1S/C15H17Cl2NS/c1-15(2,3)11-7-5-4-6-9(11)13(18)10-8-12(16)19-14(10)17/h4-8,13H,18H2,1-3H3. The van der Waals surface area contributed by atoms with Crippen molar-refractivity contribution in [2.75, 3.05) is 0 Å². The molecule has 1 heterocycles. The Morgan fingerprint density at radius 3 is 2.26 bits per heavy atom. The minimum atomic E-state index is -0.244. The quantitative estimate of drug-likeness (QED) is 0.789. The van der Waals surface area contributed by atoms with Crippen LogP contribution in [0.4, 0.5) is 0 Å². The number of rotatable bonds is 2. The topological polar surface area (TPSA) is 26.0 Å². The Balaban J connectivity index is 2.50. The van der Waals surface area contributed by atoms with Gasteiger partial charge in [-0.1, -0.05) is 68.2 Å². The molecule has 2 N–H and O–H groups in total. The Morgan fingerprint density at radius 2 is 1.74 bits per heavy atom. The average molecular weight is 314 g/mol. The Bertz CT molecular complexity index is 584. The molecule has 0 saturated carbocycles. The van der Waals surface area contributed by atoms with Crippen LogP contribution in [0.3, 0.4) is 0 Å². The van der Waals surface area contributed by atoms with E-state index in [0.717, 1.165) is 11.1 Å². The zero-order valence-electron chi connectivity index (χ0n) is 11.2. The molecular formula is C15H17Cl2NS. The number of nitrogens with two attached hydrogens (primary N) is 1. The van der Waals surface area contributed by atoms with Gasteiger partial charge in [0, 0.05) is 5.56 Å². The molecule has 0 amide bonds. The molecule has 2 aromatic rings. The fourth-order valence-electron chi connectivity index (χ4n) is 2.18. The monoisotopic (exact) mass is 313 g/mol. The highest BCUT2D eigenvalue weighted by Crippen LogP contribution is 2.39. The van der Waals surface area contributed by atoms with Crippen LogP contribution < -0.4 is 5.73 Å². The molecule has 102 valence electrons. The van der Waals surface area contributed by atoms with Crippen molar-refractivity contribution in [2.24, 2.45) is 5.73 Å². The van der Waals surface area contributed by atoms with Gasteiger partial charge in [0.25, 0.3) is 0 Å². The second kappa shape index (κ2) is 5.45. The van der Waals surface area contributed by atoms with Gasteiger partial charge in [0.2, 0.25) is 0 Å². The third-order valence-electron chi connectivity index (χ3n) is 3.12. The summed E-state index contributed by atoms with van der Waals surface area (Å²) in [6.07, 6.45) is 0. The zero-order valence-corrected chi connectivity index (χ0v) is 13.5. The maximum absolute atomic E-state index is 6.39. The largest absolute Gasteiger partial charge is 0.320 e. The molecule has 19 heavy (non-hydrogen) atoms. The molecule has 0 fully saturated rings. The molecule has 0 aliphatic heterocycles. The van der Waals surface area contributed by atoms with Crippen LogP contribution in [0.25, 0.3) is 0 Å². The van der Waals surface area contributed by atoms with Gasteiger partial charge in [-0.25, -0.2) is 0 Å². The molecule has 0 bridgehead atoms. The molecule has 1 aromatic heterocycles. The second-order valence-electron chi connectivity index (χ2n) is 5.59. The highest BCUT2D eigenvalue weighted by molar-refractivity contribution is 7.20. The summed E-state index contributed by atoms with van der Waals surface area (Å²) in [6.45, 7) is 6.54. The second-order valence-corrected chi connectivity index (χ2v) is 7.88. The van der Waals surface area contributed by atoms with Crippen LogP contribution in [0.15, 0.2) is 30.3 Å². The van der Waals surface area contributed by atoms with Crippen LogP contribution in [-0.2, 0) is 5.41 Å². The maximum atomic E-state index is 6.39. The summed E-state index contributed by atoms with van der Waals surface area (Å²) >= 11 is 13.6. The lowest BCUT2D eigenvalue weighted by Gasteiger charge is -2.25. The van der Waals surface area contributed by atoms with E-state index in [2.05, 4.69) is 32.9 Å². The van der Waals surface area contributed by atoms with Gasteiger partial charge in [-0.05, 0) is 22.6 Å². The summed E-state index contributed by atoms with van der Waals surface area (Å²) in [6, 6.07) is 9.85. The van der Waals surface area contributed by atoms with Crippen LogP contribution >= 0.6 is 34.5 Å². The lowest BCUT2D eigenvalue weighted by molar-refractivity contribution is 0.578. The van der Waals surface area contributed by atoms with E-state index in [1.807, 2.05) is 18.2 Å². The third-order valence-corrected chi connectivity index (χ3v) is 4.64. The Labute approximate surface area is 128 Å². The number of thiophene rings is 1. The van der Waals surface area contributed by atoms with E-state index >= 15 is 0 Å². The third kappa shape index (κ3) is 3.14. The summed E-state index contributed by atoms with van der Waals surface area (Å²) < 4.78 is 1.34. The summed E-state index contributed by atoms with van der Waals surface area (Å²) in [5.41, 5.74) is 9.67. The Kier molecular flexibility index (Phi) is 4.26. The number of halogens is 2. The molecule has 4 heteroatoms. The van der Waals surface area contributed by atoms with E-state index in [-0.39, 0.29) is 11.5 Å². The Morgan fingerprint density at radius 1 is 1.11 bits per heavy atom. The maximum Gasteiger partial charge on any atom is 0.0995 e. The zero-order chi connectivity index (χ0) is 14.2. The van der Waals surface area contributed by atoms with E-state index in [1.165, 1.54) is 16.9 Å². The highest BCUT2D eigenvalue weighted by Gasteiger charge is 2.23. The van der Waals surface area contributed by atoms with Gasteiger partial charge in [0.1, 0.15) is 0 Å². The van der Waals surface area contributed by atoms with Crippen molar-refractivity contribution in [3.05, 3.63) is 55.7 Å². The van der Waals surface area contributed by atoms with Crippen molar-refractivity contribution in [3.8, 4) is 0 Å². The normalized spacial score (nSPS) is 13.6. The SMILES string of the molecule is CC(C)(C)c1ccccc1C(N)c1cc(Cl)sc1Cl. The molecule has 1 aromatic carbocycles. The molecule has 1 unspecified atom stereocenters. The van der Waals surface area contributed by atoms with Gasteiger partial charge in [-0.3, -0.25) is 0 Å². The molecular weight excluding hydrogens is 297 g/mol. The van der Waals surface area contributed by atoms with Gasteiger partial charge in [-0.15, -0.1) is 11.3 Å². The molecule has 0 aliphatic carbocycles. The predicted octanol–water partition coefficient (Wildman–Crippen LogP) is 5.40. The molecule has 0 saturated heterocycles. The summed E-state index contributed by atoms with van der Waals surface area (Å²) in [4.78, 5) is 0. The molecule has 1 atom stereocenters. The van der Waals surface area contributed by atoms with Crippen LogP contribution in [0, 0.1) is 0 Å². The predicted molar refractivity (Wildman–Crippen MR) is 85.5 cm³/mol. The molecule has 0 spiro atoms. The highest BCUT2D eigenvalue weighted by atomic mass is 35.5. The molecule has 0 aliphatic rings. The van der Waals surface area contributed by atoms with Crippen LogP contribution in [-0.4, -0.2) is 0 Å². The van der Waals surface area contributed by atoms with Crippen molar-refractivity contribution in [1.82, 2.24) is 0 Å². The first kappa shape index (κ1) is 14.9. The van der Waals surface area contributed by atoms with Gasteiger partial charge >= 0.3 is 0 Å². The lowest BCUT2D eigenvalue weighted by Crippen LogP contribution is -2.20. The molecule has 0 radical (unpaired) electrons. The van der Waals surface area contributed by atoms with Crippen molar-refractivity contribution in [2.45, 2.75) is 32.2 Å². The Hall–Kier alpha value is -0.540. The van der Waals surface area contributed by atoms with E-state index in [9.17, 15) is 0 Å². The van der Waals surface area contributed by atoms with E-state index in [4.69, 9.17) is 28.9 Å².